The van der Waals surface area contributed by atoms with Crippen LogP contribution in [0.1, 0.15) is 33.1 Å². The van der Waals surface area contributed by atoms with Crippen molar-refractivity contribution in [2.45, 2.75) is 45.3 Å². The molecule has 28 heavy (non-hydrogen) atoms. The molecule has 0 radical (unpaired) electrons. The Balaban J connectivity index is 1.78. The Morgan fingerprint density at radius 2 is 1.89 bits per heavy atom. The number of aliphatic imine (C=N–C) groups is 1. The average molecular weight is 407 g/mol. The molecule has 2 aliphatic heterocycles. The van der Waals surface area contributed by atoms with Crippen LogP contribution in [0.3, 0.4) is 0 Å². The second-order valence-corrected chi connectivity index (χ2v) is 7.33. The van der Waals surface area contributed by atoms with Crippen molar-refractivity contribution >= 4 is 12.1 Å². The first-order chi connectivity index (χ1) is 13.3. The van der Waals surface area contributed by atoms with E-state index in [1.807, 2.05) is 6.92 Å². The SMILES string of the molecule is CCNC(=NCC1CCN(CC(F)(F)F)C1)NC1CCN(C(=O)OCC)CC1. The number of hydrogen-bond acceptors (Lipinski definition) is 4. The number of carbonyl (C=O) groups is 1. The number of ether oxygens (including phenoxy) is 1. The van der Waals surface area contributed by atoms with Gasteiger partial charge in [-0.3, -0.25) is 9.89 Å². The number of rotatable bonds is 6. The van der Waals surface area contributed by atoms with Crippen LogP contribution in [0.4, 0.5) is 18.0 Å². The minimum atomic E-state index is -4.15. The average Bonchev–Trinajstić information content (AvgIpc) is 3.06. The smallest absolute Gasteiger partial charge is 0.409 e. The highest BCUT2D eigenvalue weighted by Gasteiger charge is 2.34. The van der Waals surface area contributed by atoms with Crippen LogP contribution in [0.25, 0.3) is 0 Å². The lowest BCUT2D eigenvalue weighted by Gasteiger charge is -2.32. The van der Waals surface area contributed by atoms with E-state index >= 15 is 0 Å². The normalized spacial score (nSPS) is 22.4. The standard InChI is InChI=1S/C18H32F3N5O2/c1-3-22-16(23-11-14-5-8-25(12-14)13-18(19,20)21)24-15-6-9-26(10-7-15)17(27)28-4-2/h14-15H,3-13H2,1-2H3,(H2,22,23,24). The number of nitrogens with one attached hydrogen (secondary N) is 2. The Hall–Kier alpha value is -1.71. The maximum absolute atomic E-state index is 12.5. The first-order valence-electron chi connectivity index (χ1n) is 10.1. The molecule has 2 aliphatic rings. The second-order valence-electron chi connectivity index (χ2n) is 7.33. The fraction of sp³-hybridized carbons (Fsp3) is 0.889. The van der Waals surface area contributed by atoms with Crippen molar-refractivity contribution < 1.29 is 22.7 Å². The number of guanidine groups is 1. The Labute approximate surface area is 164 Å². The summed E-state index contributed by atoms with van der Waals surface area (Å²) in [6.45, 7) is 6.66. The van der Waals surface area contributed by atoms with Crippen LogP contribution >= 0.6 is 0 Å². The van der Waals surface area contributed by atoms with Gasteiger partial charge in [-0.05, 0) is 45.6 Å². The zero-order valence-corrected chi connectivity index (χ0v) is 16.7. The van der Waals surface area contributed by atoms with E-state index in [2.05, 4.69) is 15.6 Å². The summed E-state index contributed by atoms with van der Waals surface area (Å²) in [5.74, 6) is 0.829. The van der Waals surface area contributed by atoms with Crippen LogP contribution in [0.5, 0.6) is 0 Å². The minimum absolute atomic E-state index is 0.142. The van der Waals surface area contributed by atoms with E-state index in [1.165, 1.54) is 4.90 Å². The van der Waals surface area contributed by atoms with E-state index in [0.29, 0.717) is 51.8 Å². The Morgan fingerprint density at radius 3 is 2.50 bits per heavy atom. The maximum atomic E-state index is 12.5. The summed E-state index contributed by atoms with van der Waals surface area (Å²) in [6.07, 6.45) is -2.09. The number of nitrogens with zero attached hydrogens (tertiary/aromatic N) is 3. The van der Waals surface area contributed by atoms with Gasteiger partial charge in [0.2, 0.25) is 0 Å². The van der Waals surface area contributed by atoms with Gasteiger partial charge >= 0.3 is 12.3 Å². The van der Waals surface area contributed by atoms with Gasteiger partial charge < -0.3 is 20.3 Å². The molecule has 10 heteroatoms. The second kappa shape index (κ2) is 10.7. The van der Waals surface area contributed by atoms with Crippen molar-refractivity contribution in [3.63, 3.8) is 0 Å². The third-order valence-corrected chi connectivity index (χ3v) is 4.99. The highest BCUT2D eigenvalue weighted by atomic mass is 19.4. The molecule has 7 nitrogen and oxygen atoms in total. The zero-order chi connectivity index (χ0) is 20.6. The van der Waals surface area contributed by atoms with Gasteiger partial charge in [-0.1, -0.05) is 0 Å². The quantitative estimate of drug-likeness (QED) is 0.521. The predicted octanol–water partition coefficient (Wildman–Crippen LogP) is 2.05. The van der Waals surface area contributed by atoms with E-state index < -0.39 is 12.7 Å². The molecule has 2 N–H and O–H groups in total. The molecule has 0 spiro atoms. The maximum Gasteiger partial charge on any atom is 0.409 e. The zero-order valence-electron chi connectivity index (χ0n) is 16.7. The van der Waals surface area contributed by atoms with E-state index in [9.17, 15) is 18.0 Å². The van der Waals surface area contributed by atoms with Crippen molar-refractivity contribution in [2.24, 2.45) is 10.9 Å². The van der Waals surface area contributed by atoms with E-state index in [0.717, 1.165) is 19.3 Å². The summed E-state index contributed by atoms with van der Waals surface area (Å²) in [5.41, 5.74) is 0. The Morgan fingerprint density at radius 1 is 1.18 bits per heavy atom. The fourth-order valence-corrected chi connectivity index (χ4v) is 3.61. The number of hydrogen-bond donors (Lipinski definition) is 2. The van der Waals surface area contributed by atoms with E-state index in [-0.39, 0.29) is 18.1 Å². The number of amides is 1. The molecule has 0 aliphatic carbocycles. The summed E-state index contributed by atoms with van der Waals surface area (Å²) < 4.78 is 42.6. The Kier molecular flexibility index (Phi) is 8.65. The van der Waals surface area contributed by atoms with Gasteiger partial charge in [0, 0.05) is 38.8 Å². The van der Waals surface area contributed by atoms with Crippen LogP contribution in [0, 0.1) is 5.92 Å². The number of likely N-dealkylation sites (tertiary alicyclic amines) is 2. The number of alkyl halides is 3. The van der Waals surface area contributed by atoms with Gasteiger partial charge in [0.1, 0.15) is 0 Å². The summed E-state index contributed by atoms with van der Waals surface area (Å²) in [4.78, 5) is 19.5. The van der Waals surface area contributed by atoms with Gasteiger partial charge in [-0.15, -0.1) is 0 Å². The topological polar surface area (TPSA) is 69.2 Å². The molecule has 2 saturated heterocycles. The van der Waals surface area contributed by atoms with Crippen LogP contribution in [-0.2, 0) is 4.74 Å². The highest BCUT2D eigenvalue weighted by molar-refractivity contribution is 5.80. The number of piperidine rings is 1. The lowest BCUT2D eigenvalue weighted by molar-refractivity contribution is -0.143. The third-order valence-electron chi connectivity index (χ3n) is 4.99. The molecule has 1 amide bonds. The van der Waals surface area contributed by atoms with Crippen LogP contribution in [0.15, 0.2) is 4.99 Å². The summed E-state index contributed by atoms with van der Waals surface area (Å²) in [5, 5.41) is 6.59. The van der Waals surface area contributed by atoms with Crippen molar-refractivity contribution in [3.8, 4) is 0 Å². The summed E-state index contributed by atoms with van der Waals surface area (Å²) in [6, 6.07) is 0.203. The molecule has 0 aromatic carbocycles. The third kappa shape index (κ3) is 7.73. The van der Waals surface area contributed by atoms with Gasteiger partial charge in [-0.25, -0.2) is 4.79 Å². The molecule has 162 valence electrons. The molecular weight excluding hydrogens is 375 g/mol. The number of halogens is 3. The van der Waals surface area contributed by atoms with Crippen LogP contribution < -0.4 is 10.6 Å². The number of carbonyl (C=O) groups excluding carboxylic acids is 1. The monoisotopic (exact) mass is 407 g/mol. The molecule has 0 aromatic heterocycles. The van der Waals surface area contributed by atoms with Crippen molar-refractivity contribution in [2.75, 3.05) is 52.4 Å². The molecule has 0 bridgehead atoms. The predicted molar refractivity (Wildman–Crippen MR) is 101 cm³/mol. The molecule has 0 saturated carbocycles. The molecule has 1 atom stereocenters. The molecule has 2 fully saturated rings. The molecule has 2 heterocycles. The summed E-state index contributed by atoms with van der Waals surface area (Å²) in [7, 11) is 0. The fourth-order valence-electron chi connectivity index (χ4n) is 3.61. The minimum Gasteiger partial charge on any atom is -0.450 e. The van der Waals surface area contributed by atoms with Crippen LogP contribution in [-0.4, -0.2) is 86.5 Å². The molecular formula is C18H32F3N5O2. The molecule has 0 aromatic rings. The molecule has 2 rings (SSSR count). The lowest BCUT2D eigenvalue weighted by atomic mass is 10.1. The first kappa shape index (κ1) is 22.6. The van der Waals surface area contributed by atoms with E-state index in [4.69, 9.17) is 4.74 Å². The lowest BCUT2D eigenvalue weighted by Crippen LogP contribution is -2.50. The van der Waals surface area contributed by atoms with E-state index in [1.54, 1.807) is 11.8 Å². The summed E-state index contributed by atoms with van der Waals surface area (Å²) >= 11 is 0. The first-order valence-corrected chi connectivity index (χ1v) is 10.1. The van der Waals surface area contributed by atoms with Gasteiger partial charge in [0.25, 0.3) is 0 Å². The van der Waals surface area contributed by atoms with Gasteiger partial charge in [0.15, 0.2) is 5.96 Å². The van der Waals surface area contributed by atoms with Crippen LogP contribution in [0.2, 0.25) is 0 Å². The van der Waals surface area contributed by atoms with Gasteiger partial charge in [-0.2, -0.15) is 13.2 Å². The van der Waals surface area contributed by atoms with Crippen molar-refractivity contribution in [1.82, 2.24) is 20.4 Å². The van der Waals surface area contributed by atoms with Gasteiger partial charge in [0.05, 0.1) is 13.2 Å². The highest BCUT2D eigenvalue weighted by Crippen LogP contribution is 2.22. The molecule has 1 unspecified atom stereocenters. The largest absolute Gasteiger partial charge is 0.450 e. The van der Waals surface area contributed by atoms with Crippen molar-refractivity contribution in [3.05, 3.63) is 0 Å². The Bertz CT molecular complexity index is 522. The van der Waals surface area contributed by atoms with Crippen molar-refractivity contribution in [1.29, 1.82) is 0 Å².